The van der Waals surface area contributed by atoms with E-state index in [1.807, 2.05) is 26.0 Å². The van der Waals surface area contributed by atoms with E-state index in [0.717, 1.165) is 12.3 Å². The normalized spacial score (nSPS) is 16.6. The van der Waals surface area contributed by atoms with Crippen molar-refractivity contribution in [3.05, 3.63) is 24.2 Å². The highest BCUT2D eigenvalue weighted by molar-refractivity contribution is 5.76. The lowest BCUT2D eigenvalue weighted by atomic mass is 10.1. The quantitative estimate of drug-likeness (QED) is 0.756. The molecule has 0 bridgehead atoms. The van der Waals surface area contributed by atoms with Gasteiger partial charge in [-0.15, -0.1) is 0 Å². The molecule has 1 fully saturated rings. The Bertz CT molecular complexity index is 413. The summed E-state index contributed by atoms with van der Waals surface area (Å²) in [6.45, 7) is 5.16. The van der Waals surface area contributed by atoms with Crippen molar-refractivity contribution >= 4 is 5.91 Å². The van der Waals surface area contributed by atoms with Gasteiger partial charge in [-0.2, -0.15) is 0 Å². The van der Waals surface area contributed by atoms with E-state index in [-0.39, 0.29) is 18.0 Å². The Morgan fingerprint density at radius 3 is 2.80 bits per heavy atom. The fourth-order valence-electron chi connectivity index (χ4n) is 2.48. The first-order valence-corrected chi connectivity index (χ1v) is 7.37. The van der Waals surface area contributed by atoms with Gasteiger partial charge in [-0.1, -0.05) is 0 Å². The van der Waals surface area contributed by atoms with Gasteiger partial charge < -0.3 is 15.5 Å². The maximum atomic E-state index is 12.0. The minimum atomic E-state index is 0.0699. The number of carbonyl (C=O) groups excluding carboxylic acids is 1. The second-order valence-electron chi connectivity index (χ2n) is 5.80. The van der Waals surface area contributed by atoms with Crippen molar-refractivity contribution in [3.63, 3.8) is 0 Å². The Morgan fingerprint density at radius 1 is 1.55 bits per heavy atom. The maximum Gasteiger partial charge on any atom is 0.221 e. The summed E-state index contributed by atoms with van der Waals surface area (Å²) in [4.78, 5) is 14.3. The largest absolute Gasteiger partial charge is 0.468 e. The van der Waals surface area contributed by atoms with Gasteiger partial charge in [0.1, 0.15) is 5.76 Å². The summed E-state index contributed by atoms with van der Waals surface area (Å²) in [6.07, 6.45) is 4.50. The Labute approximate surface area is 120 Å². The Morgan fingerprint density at radius 2 is 2.30 bits per heavy atom. The van der Waals surface area contributed by atoms with Crippen molar-refractivity contribution in [1.82, 2.24) is 10.2 Å². The highest BCUT2D eigenvalue weighted by Gasteiger charge is 2.34. The first-order chi connectivity index (χ1) is 9.60. The Balaban J connectivity index is 1.96. The Kier molecular flexibility index (Phi) is 5.20. The standard InChI is InChI=1S/C15H25N3O2/c1-11(2)17-15(19)8-13(9-16)18(12-5-6-12)10-14-4-3-7-20-14/h3-4,7,11-13H,5-6,8-10,16H2,1-2H3,(H,17,19). The molecule has 0 aromatic carbocycles. The molecule has 5 nitrogen and oxygen atoms in total. The topological polar surface area (TPSA) is 71.5 Å². The van der Waals surface area contributed by atoms with Gasteiger partial charge >= 0.3 is 0 Å². The van der Waals surface area contributed by atoms with Crippen molar-refractivity contribution in [3.8, 4) is 0 Å². The van der Waals surface area contributed by atoms with Crippen LogP contribution in [-0.4, -0.2) is 35.5 Å². The van der Waals surface area contributed by atoms with Crippen molar-refractivity contribution in [1.29, 1.82) is 0 Å². The van der Waals surface area contributed by atoms with Gasteiger partial charge in [-0.25, -0.2) is 0 Å². The van der Waals surface area contributed by atoms with E-state index < -0.39 is 0 Å². The third-order valence-corrected chi connectivity index (χ3v) is 3.55. The molecule has 1 aromatic heterocycles. The molecule has 0 aliphatic heterocycles. The molecule has 1 atom stereocenters. The van der Waals surface area contributed by atoms with Crippen LogP contribution in [0.25, 0.3) is 0 Å². The number of rotatable bonds is 8. The molecule has 1 amide bonds. The fraction of sp³-hybridized carbons (Fsp3) is 0.667. The van der Waals surface area contributed by atoms with Crippen LogP contribution in [0.2, 0.25) is 0 Å². The van der Waals surface area contributed by atoms with Crippen LogP contribution in [0.15, 0.2) is 22.8 Å². The van der Waals surface area contributed by atoms with Gasteiger partial charge in [0.05, 0.1) is 12.8 Å². The van der Waals surface area contributed by atoms with Crippen molar-refractivity contribution < 1.29 is 9.21 Å². The molecule has 2 rings (SSSR count). The van der Waals surface area contributed by atoms with Crippen LogP contribution >= 0.6 is 0 Å². The zero-order valence-electron chi connectivity index (χ0n) is 12.3. The van der Waals surface area contributed by atoms with Crippen LogP contribution in [0, 0.1) is 0 Å². The molecule has 0 radical (unpaired) electrons. The number of carbonyl (C=O) groups is 1. The number of hydrogen-bond donors (Lipinski definition) is 2. The van der Waals surface area contributed by atoms with E-state index in [9.17, 15) is 4.79 Å². The molecular weight excluding hydrogens is 254 g/mol. The third-order valence-electron chi connectivity index (χ3n) is 3.55. The second kappa shape index (κ2) is 6.90. The Hall–Kier alpha value is -1.33. The highest BCUT2D eigenvalue weighted by Crippen LogP contribution is 2.31. The van der Waals surface area contributed by atoms with Crippen LogP contribution in [0.3, 0.4) is 0 Å². The molecule has 1 aromatic rings. The maximum absolute atomic E-state index is 12.0. The summed E-state index contributed by atoms with van der Waals surface area (Å²) in [6, 6.07) is 4.65. The molecular formula is C15H25N3O2. The third kappa shape index (κ3) is 4.35. The lowest BCUT2D eigenvalue weighted by Gasteiger charge is -2.30. The monoisotopic (exact) mass is 279 g/mol. The predicted molar refractivity (Wildman–Crippen MR) is 78.0 cm³/mol. The minimum absolute atomic E-state index is 0.0699. The van der Waals surface area contributed by atoms with Gasteiger partial charge in [0, 0.05) is 31.1 Å². The number of nitrogens with two attached hydrogens (primary N) is 1. The van der Waals surface area contributed by atoms with Gasteiger partial charge in [0.25, 0.3) is 0 Å². The van der Waals surface area contributed by atoms with Crippen LogP contribution in [-0.2, 0) is 11.3 Å². The van der Waals surface area contributed by atoms with E-state index in [1.165, 1.54) is 12.8 Å². The number of amides is 1. The summed E-state index contributed by atoms with van der Waals surface area (Å²) in [7, 11) is 0. The smallest absolute Gasteiger partial charge is 0.221 e. The summed E-state index contributed by atoms with van der Waals surface area (Å²) < 4.78 is 5.42. The molecule has 1 saturated carbocycles. The molecule has 1 heterocycles. The first kappa shape index (κ1) is 15.1. The van der Waals surface area contributed by atoms with Gasteiger partial charge in [0.2, 0.25) is 5.91 Å². The molecule has 5 heteroatoms. The summed E-state index contributed by atoms with van der Waals surface area (Å²) in [5, 5.41) is 2.94. The molecule has 3 N–H and O–H groups in total. The lowest BCUT2D eigenvalue weighted by Crippen LogP contribution is -2.45. The summed E-state index contributed by atoms with van der Waals surface area (Å²) in [5.74, 6) is 1.00. The summed E-state index contributed by atoms with van der Waals surface area (Å²) in [5.41, 5.74) is 5.90. The lowest BCUT2D eigenvalue weighted by molar-refractivity contribution is -0.122. The molecule has 20 heavy (non-hydrogen) atoms. The average Bonchev–Trinajstić information content (AvgIpc) is 3.10. The van der Waals surface area contributed by atoms with E-state index >= 15 is 0 Å². The molecule has 1 unspecified atom stereocenters. The zero-order chi connectivity index (χ0) is 14.5. The zero-order valence-corrected chi connectivity index (χ0v) is 12.3. The van der Waals surface area contributed by atoms with Crippen molar-refractivity contribution in [2.24, 2.45) is 5.73 Å². The van der Waals surface area contributed by atoms with Crippen LogP contribution in [0.1, 0.15) is 38.9 Å². The number of nitrogens with one attached hydrogen (secondary N) is 1. The molecule has 0 saturated heterocycles. The van der Waals surface area contributed by atoms with E-state index in [1.54, 1.807) is 6.26 Å². The average molecular weight is 279 g/mol. The molecule has 1 aliphatic carbocycles. The first-order valence-electron chi connectivity index (χ1n) is 7.37. The van der Waals surface area contributed by atoms with Crippen LogP contribution in [0.5, 0.6) is 0 Å². The number of furan rings is 1. The summed E-state index contributed by atoms with van der Waals surface area (Å²) >= 11 is 0. The number of nitrogens with zero attached hydrogens (tertiary/aromatic N) is 1. The number of hydrogen-bond acceptors (Lipinski definition) is 4. The van der Waals surface area contributed by atoms with E-state index in [2.05, 4.69) is 10.2 Å². The van der Waals surface area contributed by atoms with E-state index in [4.69, 9.17) is 10.2 Å². The van der Waals surface area contributed by atoms with E-state index in [0.29, 0.717) is 19.0 Å². The second-order valence-corrected chi connectivity index (χ2v) is 5.80. The molecule has 0 spiro atoms. The molecule has 1 aliphatic rings. The van der Waals surface area contributed by atoms with Gasteiger partial charge in [-0.3, -0.25) is 9.69 Å². The fourth-order valence-corrected chi connectivity index (χ4v) is 2.48. The van der Waals surface area contributed by atoms with Crippen LogP contribution in [0.4, 0.5) is 0 Å². The highest BCUT2D eigenvalue weighted by atomic mass is 16.3. The van der Waals surface area contributed by atoms with Gasteiger partial charge in [0.15, 0.2) is 0 Å². The SMILES string of the molecule is CC(C)NC(=O)CC(CN)N(Cc1ccco1)C1CC1. The predicted octanol–water partition coefficient (Wildman–Crippen LogP) is 1.49. The molecule has 112 valence electrons. The van der Waals surface area contributed by atoms with Crippen LogP contribution < -0.4 is 11.1 Å². The van der Waals surface area contributed by atoms with Crippen molar-refractivity contribution in [2.45, 2.75) is 57.8 Å². The van der Waals surface area contributed by atoms with Gasteiger partial charge in [-0.05, 0) is 38.8 Å². The minimum Gasteiger partial charge on any atom is -0.468 e. The van der Waals surface area contributed by atoms with Crippen molar-refractivity contribution in [2.75, 3.05) is 6.54 Å².